The summed E-state index contributed by atoms with van der Waals surface area (Å²) in [5.41, 5.74) is 0.651. The molecule has 2 heterocycles. The van der Waals surface area contributed by atoms with Crippen molar-refractivity contribution in [2.45, 2.75) is 26.3 Å². The van der Waals surface area contributed by atoms with Crippen molar-refractivity contribution in [3.63, 3.8) is 0 Å². The molecule has 2 N–H and O–H groups in total. The summed E-state index contributed by atoms with van der Waals surface area (Å²) in [5, 5.41) is 25.4. The highest BCUT2D eigenvalue weighted by Crippen LogP contribution is 2.37. The van der Waals surface area contributed by atoms with Crippen molar-refractivity contribution >= 4 is 34.0 Å². The molecule has 3 aromatic rings. The first-order chi connectivity index (χ1) is 16.4. The summed E-state index contributed by atoms with van der Waals surface area (Å²) < 4.78 is 10.7. The van der Waals surface area contributed by atoms with Crippen molar-refractivity contribution in [3.8, 4) is 22.1 Å². The number of nitrogens with zero attached hydrogens (tertiary/aromatic N) is 3. The maximum atomic E-state index is 13.0. The number of hydrogen-bond donors (Lipinski definition) is 2. The molecule has 0 radical (unpaired) electrons. The van der Waals surface area contributed by atoms with Gasteiger partial charge in [0.05, 0.1) is 4.92 Å². The Bertz CT molecular complexity index is 1250. The van der Waals surface area contributed by atoms with Crippen LogP contribution in [0.2, 0.25) is 0 Å². The number of amides is 2. The number of nitro benzene ring substituents is 1. The van der Waals surface area contributed by atoms with E-state index in [4.69, 9.17) is 9.47 Å². The van der Waals surface area contributed by atoms with E-state index in [-0.39, 0.29) is 29.1 Å². The molecule has 0 spiro atoms. The van der Waals surface area contributed by atoms with Crippen molar-refractivity contribution in [3.05, 3.63) is 58.1 Å². The highest BCUT2D eigenvalue weighted by atomic mass is 32.1. The lowest BCUT2D eigenvalue weighted by Crippen LogP contribution is -2.47. The van der Waals surface area contributed by atoms with Gasteiger partial charge in [-0.2, -0.15) is 0 Å². The zero-order valence-corrected chi connectivity index (χ0v) is 19.1. The molecule has 11 nitrogen and oxygen atoms in total. The number of benzene rings is 2. The lowest BCUT2D eigenvalue weighted by Gasteiger charge is -2.23. The average molecular weight is 484 g/mol. The summed E-state index contributed by atoms with van der Waals surface area (Å²) in [6.07, 6.45) is 0.617. The normalized spacial score (nSPS) is 13.7. The van der Waals surface area contributed by atoms with Crippen LogP contribution in [0.25, 0.3) is 10.6 Å². The Kier molecular flexibility index (Phi) is 6.68. The third kappa shape index (κ3) is 4.96. The number of rotatable bonds is 8. The molecule has 2 aromatic carbocycles. The first-order valence-electron chi connectivity index (χ1n) is 10.5. The number of nitrogens with one attached hydrogen (secondary N) is 2. The van der Waals surface area contributed by atoms with Crippen molar-refractivity contribution < 1.29 is 24.0 Å². The summed E-state index contributed by atoms with van der Waals surface area (Å²) in [4.78, 5) is 36.2. The number of anilines is 1. The molecule has 2 unspecified atom stereocenters. The van der Waals surface area contributed by atoms with Crippen LogP contribution in [-0.2, 0) is 4.79 Å². The van der Waals surface area contributed by atoms with Crippen LogP contribution in [0.5, 0.6) is 11.5 Å². The van der Waals surface area contributed by atoms with Gasteiger partial charge in [-0.1, -0.05) is 37.7 Å². The van der Waals surface area contributed by atoms with Gasteiger partial charge in [-0.15, -0.1) is 10.2 Å². The molecule has 0 aliphatic carbocycles. The maximum Gasteiger partial charge on any atom is 0.270 e. The lowest BCUT2D eigenvalue weighted by atomic mass is 9.98. The highest BCUT2D eigenvalue weighted by molar-refractivity contribution is 7.18. The quantitative estimate of drug-likeness (QED) is 0.365. The van der Waals surface area contributed by atoms with Gasteiger partial charge in [0.1, 0.15) is 11.0 Å². The van der Waals surface area contributed by atoms with Gasteiger partial charge >= 0.3 is 0 Å². The summed E-state index contributed by atoms with van der Waals surface area (Å²) in [6, 6.07) is 9.85. The minimum absolute atomic E-state index is 0.0938. The second kappa shape index (κ2) is 9.83. The van der Waals surface area contributed by atoms with E-state index in [9.17, 15) is 19.7 Å². The van der Waals surface area contributed by atoms with Crippen molar-refractivity contribution in [1.82, 2.24) is 15.5 Å². The van der Waals surface area contributed by atoms with E-state index in [1.54, 1.807) is 12.1 Å². The number of aromatic nitrogens is 2. The van der Waals surface area contributed by atoms with Gasteiger partial charge in [-0.05, 0) is 30.2 Å². The summed E-state index contributed by atoms with van der Waals surface area (Å²) >= 11 is 1.18. The molecule has 0 saturated carbocycles. The fourth-order valence-corrected chi connectivity index (χ4v) is 4.03. The largest absolute Gasteiger partial charge is 0.454 e. The van der Waals surface area contributed by atoms with Gasteiger partial charge < -0.3 is 14.8 Å². The predicted molar refractivity (Wildman–Crippen MR) is 124 cm³/mol. The SMILES string of the molecule is CCC(C)C(NC(=O)c1cccc([N+](=O)[O-])c1)C(=O)Nc1nnc(-c2ccc3c(c2)OCO3)s1. The molecular formula is C22H21N5O6S. The number of hydrogen-bond acceptors (Lipinski definition) is 9. The number of carbonyl (C=O) groups is 2. The lowest BCUT2D eigenvalue weighted by molar-refractivity contribution is -0.384. The van der Waals surface area contributed by atoms with Gasteiger partial charge in [0.2, 0.25) is 17.8 Å². The predicted octanol–water partition coefficient (Wildman–Crippen LogP) is 3.63. The van der Waals surface area contributed by atoms with E-state index < -0.39 is 22.8 Å². The van der Waals surface area contributed by atoms with Gasteiger partial charge in [0, 0.05) is 23.3 Å². The van der Waals surface area contributed by atoms with Crippen LogP contribution in [0.15, 0.2) is 42.5 Å². The molecule has 2 amide bonds. The number of carbonyl (C=O) groups excluding carboxylic acids is 2. The average Bonchev–Trinajstić information content (AvgIpc) is 3.50. The van der Waals surface area contributed by atoms with Crippen molar-refractivity contribution in [1.29, 1.82) is 0 Å². The molecule has 0 saturated heterocycles. The Morgan fingerprint density at radius 1 is 1.18 bits per heavy atom. The number of fused-ring (bicyclic) bond motifs is 1. The summed E-state index contributed by atoms with van der Waals surface area (Å²) in [7, 11) is 0. The maximum absolute atomic E-state index is 13.0. The molecule has 0 bridgehead atoms. The molecule has 1 aliphatic rings. The van der Waals surface area contributed by atoms with Crippen LogP contribution in [0.1, 0.15) is 30.6 Å². The fraction of sp³-hybridized carbons (Fsp3) is 0.273. The van der Waals surface area contributed by atoms with Gasteiger partial charge in [-0.3, -0.25) is 25.0 Å². The van der Waals surface area contributed by atoms with E-state index >= 15 is 0 Å². The molecule has 0 fully saturated rings. The van der Waals surface area contributed by atoms with Gasteiger partial charge in [0.15, 0.2) is 11.5 Å². The zero-order chi connectivity index (χ0) is 24.2. The Labute approximate surface area is 198 Å². The molecule has 12 heteroatoms. The first kappa shape index (κ1) is 23.1. The molecule has 34 heavy (non-hydrogen) atoms. The molecule has 176 valence electrons. The Morgan fingerprint density at radius 2 is 1.97 bits per heavy atom. The summed E-state index contributed by atoms with van der Waals surface area (Å²) in [5.74, 6) is 0.0181. The topological polar surface area (TPSA) is 146 Å². The second-order valence-electron chi connectivity index (χ2n) is 7.61. The zero-order valence-electron chi connectivity index (χ0n) is 18.3. The fourth-order valence-electron chi connectivity index (χ4n) is 3.29. The molecule has 1 aliphatic heterocycles. The van der Waals surface area contributed by atoms with E-state index in [0.717, 1.165) is 5.56 Å². The highest BCUT2D eigenvalue weighted by Gasteiger charge is 2.28. The molecule has 4 rings (SSSR count). The Hall–Kier alpha value is -4.06. The smallest absolute Gasteiger partial charge is 0.270 e. The first-order valence-corrected chi connectivity index (χ1v) is 11.3. The molecule has 2 atom stereocenters. The van der Waals surface area contributed by atoms with Crippen LogP contribution < -0.4 is 20.1 Å². The Morgan fingerprint density at radius 3 is 2.74 bits per heavy atom. The van der Waals surface area contributed by atoms with E-state index in [0.29, 0.717) is 22.9 Å². The van der Waals surface area contributed by atoms with Crippen LogP contribution in [0, 0.1) is 16.0 Å². The third-order valence-corrected chi connectivity index (χ3v) is 6.26. The number of ether oxygens (including phenoxy) is 2. The molecular weight excluding hydrogens is 462 g/mol. The van der Waals surface area contributed by atoms with Crippen LogP contribution in [0.3, 0.4) is 0 Å². The second-order valence-corrected chi connectivity index (χ2v) is 8.59. The Balaban J connectivity index is 1.47. The van der Waals surface area contributed by atoms with Gasteiger partial charge in [-0.25, -0.2) is 0 Å². The number of non-ortho nitro benzene ring substituents is 1. The monoisotopic (exact) mass is 483 g/mol. The van der Waals surface area contributed by atoms with Crippen molar-refractivity contribution in [2.24, 2.45) is 5.92 Å². The molecule has 1 aromatic heterocycles. The minimum atomic E-state index is -0.880. The minimum Gasteiger partial charge on any atom is -0.454 e. The number of nitro groups is 1. The van der Waals surface area contributed by atoms with Crippen molar-refractivity contribution in [2.75, 3.05) is 12.1 Å². The van der Waals surface area contributed by atoms with Crippen LogP contribution in [0.4, 0.5) is 10.8 Å². The third-order valence-electron chi connectivity index (χ3n) is 5.38. The van der Waals surface area contributed by atoms with Crippen LogP contribution >= 0.6 is 11.3 Å². The van der Waals surface area contributed by atoms with Gasteiger partial charge in [0.25, 0.3) is 11.6 Å². The van der Waals surface area contributed by atoms with E-state index in [1.165, 1.54) is 35.6 Å². The van der Waals surface area contributed by atoms with E-state index in [2.05, 4.69) is 20.8 Å². The van der Waals surface area contributed by atoms with E-state index in [1.807, 2.05) is 19.9 Å². The summed E-state index contributed by atoms with van der Waals surface area (Å²) in [6.45, 7) is 3.89. The standard InChI is InChI=1S/C22H21N5O6S/c1-3-12(2)18(23-19(28)13-5-4-6-15(9-13)27(30)31)20(29)24-22-26-25-21(34-22)14-7-8-16-17(10-14)33-11-32-16/h4-10,12,18H,3,11H2,1-2H3,(H,23,28)(H,24,26,29). The van der Waals surface area contributed by atoms with Crippen LogP contribution in [-0.4, -0.2) is 39.8 Å².